The Kier molecular flexibility index (Phi) is 4.65. The average Bonchev–Trinajstić information content (AvgIpc) is 2.71. The van der Waals surface area contributed by atoms with E-state index in [4.69, 9.17) is 0 Å². The molecule has 1 aliphatic rings. The summed E-state index contributed by atoms with van der Waals surface area (Å²) in [5, 5.41) is 0. The van der Waals surface area contributed by atoms with Crippen LogP contribution in [0.2, 0.25) is 0 Å². The van der Waals surface area contributed by atoms with E-state index in [0.717, 1.165) is 29.7 Å². The lowest BCUT2D eigenvalue weighted by molar-refractivity contribution is -0.119. The highest BCUT2D eigenvalue weighted by molar-refractivity contribution is 6.15. The van der Waals surface area contributed by atoms with Crippen molar-refractivity contribution in [3.63, 3.8) is 0 Å². The van der Waals surface area contributed by atoms with E-state index in [1.165, 1.54) is 5.56 Å². The number of allylic oxidation sites excluding steroid dienone is 1. The summed E-state index contributed by atoms with van der Waals surface area (Å²) in [4.78, 5) is 14.7. The lowest BCUT2D eigenvalue weighted by Crippen LogP contribution is -2.49. The van der Waals surface area contributed by atoms with E-state index in [0.29, 0.717) is 0 Å². The van der Waals surface area contributed by atoms with Crippen LogP contribution < -0.4 is 4.90 Å². The molecule has 0 N–H and O–H groups in total. The smallest absolute Gasteiger partial charge is 0.257 e. The van der Waals surface area contributed by atoms with E-state index in [2.05, 4.69) is 42.5 Å². The number of carbonyl (C=O) groups is 1. The molecular weight excluding hydrogens is 318 g/mol. The van der Waals surface area contributed by atoms with Crippen LogP contribution in [0.25, 0.3) is 0 Å². The zero-order valence-electron chi connectivity index (χ0n) is 14.6. The third kappa shape index (κ3) is 3.18. The second-order valence-electron chi connectivity index (χ2n) is 6.51. The Morgan fingerprint density at radius 1 is 0.769 bits per heavy atom. The number of nitrogens with zero attached hydrogens (tertiary/aromatic N) is 1. The number of carbonyl (C=O) groups excluding carboxylic acids is 1. The molecular formula is C24H21NO. The van der Waals surface area contributed by atoms with E-state index in [-0.39, 0.29) is 11.9 Å². The number of amides is 1. The standard InChI is InChI=1S/C24H21NO/c26-24-22(18-10-13-19-11-4-1-5-12-19)23(20-14-6-2-7-15-20)25(24)21-16-8-3-9-17-21/h1-9,11-12,14-18,23H,10,13H2/b22-18-. The summed E-state index contributed by atoms with van der Waals surface area (Å²) in [7, 11) is 0. The predicted octanol–water partition coefficient (Wildman–Crippen LogP) is 5.33. The number of para-hydroxylation sites is 1. The van der Waals surface area contributed by atoms with E-state index in [1.54, 1.807) is 0 Å². The minimum Gasteiger partial charge on any atom is -0.297 e. The van der Waals surface area contributed by atoms with Crippen LogP contribution in [0.3, 0.4) is 0 Å². The first-order chi connectivity index (χ1) is 12.8. The molecule has 3 aromatic rings. The van der Waals surface area contributed by atoms with Gasteiger partial charge in [-0.25, -0.2) is 0 Å². The fourth-order valence-electron chi connectivity index (χ4n) is 3.50. The molecule has 0 aliphatic carbocycles. The molecule has 0 saturated carbocycles. The van der Waals surface area contributed by atoms with Crippen LogP contribution in [0.4, 0.5) is 5.69 Å². The van der Waals surface area contributed by atoms with E-state index in [9.17, 15) is 4.79 Å². The summed E-state index contributed by atoms with van der Waals surface area (Å²) >= 11 is 0. The maximum absolute atomic E-state index is 12.8. The van der Waals surface area contributed by atoms with Gasteiger partial charge < -0.3 is 0 Å². The maximum Gasteiger partial charge on any atom is 0.257 e. The first-order valence-electron chi connectivity index (χ1n) is 9.02. The lowest BCUT2D eigenvalue weighted by atomic mass is 9.86. The molecule has 4 rings (SSSR count). The summed E-state index contributed by atoms with van der Waals surface area (Å²) in [6, 6.07) is 30.6. The van der Waals surface area contributed by atoms with Gasteiger partial charge in [-0.15, -0.1) is 0 Å². The summed E-state index contributed by atoms with van der Waals surface area (Å²) in [5.41, 5.74) is 4.30. The van der Waals surface area contributed by atoms with Crippen LogP contribution in [0.15, 0.2) is 103 Å². The Labute approximate surface area is 154 Å². The molecule has 0 spiro atoms. The topological polar surface area (TPSA) is 20.3 Å². The third-order valence-corrected chi connectivity index (χ3v) is 4.81. The molecule has 3 aromatic carbocycles. The van der Waals surface area contributed by atoms with Gasteiger partial charge in [0.2, 0.25) is 0 Å². The van der Waals surface area contributed by atoms with Crippen LogP contribution in [0.1, 0.15) is 23.6 Å². The molecule has 2 heteroatoms. The van der Waals surface area contributed by atoms with Crippen LogP contribution in [-0.4, -0.2) is 5.91 Å². The fraction of sp³-hybridized carbons (Fsp3) is 0.125. The van der Waals surface area contributed by atoms with Crippen molar-refractivity contribution in [1.82, 2.24) is 0 Å². The summed E-state index contributed by atoms with van der Waals surface area (Å²) in [6.45, 7) is 0. The second-order valence-corrected chi connectivity index (χ2v) is 6.51. The van der Waals surface area contributed by atoms with Crippen molar-refractivity contribution in [1.29, 1.82) is 0 Å². The molecule has 1 heterocycles. The number of aryl methyl sites for hydroxylation is 1. The van der Waals surface area contributed by atoms with Gasteiger partial charge in [-0.05, 0) is 36.1 Å². The highest BCUT2D eigenvalue weighted by Gasteiger charge is 2.43. The Hall–Kier alpha value is -3.13. The summed E-state index contributed by atoms with van der Waals surface area (Å²) in [5.74, 6) is 0.109. The van der Waals surface area contributed by atoms with Crippen molar-refractivity contribution in [2.24, 2.45) is 0 Å². The summed E-state index contributed by atoms with van der Waals surface area (Å²) < 4.78 is 0. The Morgan fingerprint density at radius 2 is 1.35 bits per heavy atom. The minimum absolute atomic E-state index is 0.00173. The van der Waals surface area contributed by atoms with Gasteiger partial charge in [-0.3, -0.25) is 9.69 Å². The molecule has 1 unspecified atom stereocenters. The van der Waals surface area contributed by atoms with Gasteiger partial charge in [0.15, 0.2) is 0 Å². The molecule has 1 fully saturated rings. The van der Waals surface area contributed by atoms with Crippen molar-refractivity contribution < 1.29 is 4.79 Å². The first-order valence-corrected chi connectivity index (χ1v) is 9.02. The molecule has 0 bridgehead atoms. The summed E-state index contributed by atoms with van der Waals surface area (Å²) in [6.07, 6.45) is 3.94. The van der Waals surface area contributed by atoms with Crippen LogP contribution in [-0.2, 0) is 11.2 Å². The van der Waals surface area contributed by atoms with Crippen LogP contribution >= 0.6 is 0 Å². The van der Waals surface area contributed by atoms with Crippen molar-refractivity contribution in [3.8, 4) is 0 Å². The Morgan fingerprint density at radius 3 is 2.00 bits per heavy atom. The molecule has 2 nitrogen and oxygen atoms in total. The zero-order valence-corrected chi connectivity index (χ0v) is 14.6. The quantitative estimate of drug-likeness (QED) is 0.454. The predicted molar refractivity (Wildman–Crippen MR) is 106 cm³/mol. The van der Waals surface area contributed by atoms with E-state index < -0.39 is 0 Å². The SMILES string of the molecule is O=C1/C(=C\CCc2ccccc2)C(c2ccccc2)N1c1ccccc1. The molecule has 1 saturated heterocycles. The van der Waals surface area contributed by atoms with E-state index >= 15 is 0 Å². The molecule has 0 aromatic heterocycles. The van der Waals surface area contributed by atoms with Gasteiger partial charge in [0.1, 0.15) is 0 Å². The number of anilines is 1. The second kappa shape index (κ2) is 7.40. The molecule has 1 atom stereocenters. The van der Waals surface area contributed by atoms with Crippen molar-refractivity contribution >= 4 is 11.6 Å². The van der Waals surface area contributed by atoms with Gasteiger partial charge in [0, 0.05) is 11.3 Å². The Balaban J connectivity index is 1.59. The first kappa shape index (κ1) is 16.3. The largest absolute Gasteiger partial charge is 0.297 e. The molecule has 1 amide bonds. The van der Waals surface area contributed by atoms with Gasteiger partial charge in [-0.2, -0.15) is 0 Å². The maximum atomic E-state index is 12.8. The van der Waals surface area contributed by atoms with Crippen molar-refractivity contribution in [2.45, 2.75) is 18.9 Å². The molecule has 26 heavy (non-hydrogen) atoms. The third-order valence-electron chi connectivity index (χ3n) is 4.81. The number of hydrogen-bond acceptors (Lipinski definition) is 1. The minimum atomic E-state index is 0.00173. The number of hydrogen-bond donors (Lipinski definition) is 0. The van der Waals surface area contributed by atoms with Gasteiger partial charge in [0.05, 0.1) is 6.04 Å². The van der Waals surface area contributed by atoms with Gasteiger partial charge in [0.25, 0.3) is 5.91 Å². The number of benzene rings is 3. The normalized spacial score (nSPS) is 18.0. The highest BCUT2D eigenvalue weighted by Crippen LogP contribution is 2.43. The Bertz CT molecular complexity index is 901. The monoisotopic (exact) mass is 339 g/mol. The zero-order chi connectivity index (χ0) is 17.8. The molecule has 1 aliphatic heterocycles. The van der Waals surface area contributed by atoms with Gasteiger partial charge in [-0.1, -0.05) is 84.9 Å². The average molecular weight is 339 g/mol. The van der Waals surface area contributed by atoms with Gasteiger partial charge >= 0.3 is 0 Å². The van der Waals surface area contributed by atoms with Crippen molar-refractivity contribution in [2.75, 3.05) is 4.90 Å². The molecule has 128 valence electrons. The van der Waals surface area contributed by atoms with Crippen LogP contribution in [0, 0.1) is 0 Å². The highest BCUT2D eigenvalue weighted by atomic mass is 16.2. The van der Waals surface area contributed by atoms with Crippen molar-refractivity contribution in [3.05, 3.63) is 114 Å². The van der Waals surface area contributed by atoms with E-state index in [1.807, 2.05) is 59.5 Å². The number of rotatable bonds is 5. The molecule has 0 radical (unpaired) electrons. The lowest BCUT2D eigenvalue weighted by Gasteiger charge is -2.43. The van der Waals surface area contributed by atoms with Crippen LogP contribution in [0.5, 0.6) is 0 Å². The number of β-lactam (4-membered cyclic amide) rings is 1. The fourth-order valence-corrected chi connectivity index (χ4v) is 3.50.